The van der Waals surface area contributed by atoms with Crippen molar-refractivity contribution >= 4 is 5.91 Å². The number of hydrogen-bond acceptors (Lipinski definition) is 3. The molecule has 4 nitrogen and oxygen atoms in total. The Kier molecular flexibility index (Phi) is 6.07. The Hall–Kier alpha value is -2.93. The SMILES string of the molecule is COc1cccc(C(=O)NCC#CCOc2ccccc2C)c1. The van der Waals surface area contributed by atoms with Gasteiger partial charge < -0.3 is 14.8 Å². The van der Waals surface area contributed by atoms with Crippen LogP contribution in [0.5, 0.6) is 11.5 Å². The van der Waals surface area contributed by atoms with Crippen molar-refractivity contribution in [2.75, 3.05) is 20.3 Å². The highest BCUT2D eigenvalue weighted by Crippen LogP contribution is 2.15. The molecule has 0 radical (unpaired) electrons. The van der Waals surface area contributed by atoms with Crippen LogP contribution in [-0.4, -0.2) is 26.2 Å². The molecule has 0 bridgehead atoms. The van der Waals surface area contributed by atoms with Gasteiger partial charge in [-0.1, -0.05) is 36.1 Å². The molecular weight excluding hydrogens is 290 g/mol. The molecule has 0 aliphatic rings. The third-order valence-electron chi connectivity index (χ3n) is 3.19. The summed E-state index contributed by atoms with van der Waals surface area (Å²) in [7, 11) is 1.57. The summed E-state index contributed by atoms with van der Waals surface area (Å²) in [6.07, 6.45) is 0. The van der Waals surface area contributed by atoms with Crippen molar-refractivity contribution in [1.29, 1.82) is 0 Å². The maximum atomic E-state index is 11.9. The van der Waals surface area contributed by atoms with Crippen molar-refractivity contribution in [2.24, 2.45) is 0 Å². The Morgan fingerprint density at radius 2 is 1.96 bits per heavy atom. The van der Waals surface area contributed by atoms with Crippen LogP contribution in [0.15, 0.2) is 48.5 Å². The summed E-state index contributed by atoms with van der Waals surface area (Å²) in [4.78, 5) is 11.9. The molecule has 0 aromatic heterocycles. The number of methoxy groups -OCH3 is 1. The van der Waals surface area contributed by atoms with Crippen molar-refractivity contribution in [1.82, 2.24) is 5.32 Å². The summed E-state index contributed by atoms with van der Waals surface area (Å²) in [6.45, 7) is 2.55. The van der Waals surface area contributed by atoms with Crippen molar-refractivity contribution < 1.29 is 14.3 Å². The molecule has 0 aliphatic carbocycles. The van der Waals surface area contributed by atoms with E-state index in [2.05, 4.69) is 17.2 Å². The molecule has 118 valence electrons. The number of hydrogen-bond donors (Lipinski definition) is 1. The van der Waals surface area contributed by atoms with Gasteiger partial charge in [-0.3, -0.25) is 4.79 Å². The largest absolute Gasteiger partial charge is 0.497 e. The van der Waals surface area contributed by atoms with E-state index >= 15 is 0 Å². The fraction of sp³-hybridized carbons (Fsp3) is 0.211. The molecule has 1 N–H and O–H groups in total. The van der Waals surface area contributed by atoms with Gasteiger partial charge in [0, 0.05) is 5.56 Å². The van der Waals surface area contributed by atoms with Gasteiger partial charge in [-0.05, 0) is 36.8 Å². The van der Waals surface area contributed by atoms with Gasteiger partial charge in [-0.15, -0.1) is 0 Å². The molecule has 0 saturated heterocycles. The molecule has 0 aliphatic heterocycles. The molecule has 0 spiro atoms. The second-order valence-electron chi connectivity index (χ2n) is 4.82. The Labute approximate surface area is 136 Å². The lowest BCUT2D eigenvalue weighted by Crippen LogP contribution is -2.23. The van der Waals surface area contributed by atoms with Crippen LogP contribution in [0.3, 0.4) is 0 Å². The molecule has 2 aromatic rings. The highest BCUT2D eigenvalue weighted by Gasteiger charge is 2.04. The molecule has 0 atom stereocenters. The standard InChI is InChI=1S/C19H19NO3/c1-15-8-3-4-11-18(15)23-13-6-5-12-20-19(21)16-9-7-10-17(14-16)22-2/h3-4,7-11,14H,12-13H2,1-2H3,(H,20,21). The predicted molar refractivity (Wildman–Crippen MR) is 89.8 cm³/mol. The number of benzene rings is 2. The fourth-order valence-electron chi connectivity index (χ4n) is 1.94. The average Bonchev–Trinajstić information content (AvgIpc) is 2.59. The smallest absolute Gasteiger partial charge is 0.252 e. The first kappa shape index (κ1) is 16.4. The lowest BCUT2D eigenvalue weighted by molar-refractivity contribution is 0.0958. The Morgan fingerprint density at radius 3 is 2.74 bits per heavy atom. The minimum absolute atomic E-state index is 0.182. The van der Waals surface area contributed by atoms with Crippen molar-refractivity contribution in [3.8, 4) is 23.3 Å². The minimum Gasteiger partial charge on any atom is -0.497 e. The molecular formula is C19H19NO3. The Bertz CT molecular complexity index is 729. The predicted octanol–water partition coefficient (Wildman–Crippen LogP) is 2.82. The van der Waals surface area contributed by atoms with Gasteiger partial charge in [0.2, 0.25) is 0 Å². The first-order chi connectivity index (χ1) is 11.2. The maximum absolute atomic E-state index is 11.9. The van der Waals surface area contributed by atoms with Crippen molar-refractivity contribution in [3.05, 3.63) is 59.7 Å². The topological polar surface area (TPSA) is 47.6 Å². The summed E-state index contributed by atoms with van der Waals surface area (Å²) in [5.74, 6) is 7.03. The number of rotatable bonds is 5. The normalized spacial score (nSPS) is 9.48. The van der Waals surface area contributed by atoms with Gasteiger partial charge in [0.1, 0.15) is 18.1 Å². The number of nitrogens with one attached hydrogen (secondary N) is 1. The summed E-state index contributed by atoms with van der Waals surface area (Å²) < 4.78 is 10.6. The van der Waals surface area contributed by atoms with Gasteiger partial charge >= 0.3 is 0 Å². The molecule has 4 heteroatoms. The van der Waals surface area contributed by atoms with Gasteiger partial charge in [0.25, 0.3) is 5.91 Å². The van der Waals surface area contributed by atoms with Crippen LogP contribution in [0.1, 0.15) is 15.9 Å². The van der Waals surface area contributed by atoms with Crippen molar-refractivity contribution in [2.45, 2.75) is 6.92 Å². The summed E-state index contributed by atoms with van der Waals surface area (Å²) in [5, 5.41) is 2.74. The average molecular weight is 309 g/mol. The molecule has 2 aromatic carbocycles. The van der Waals surface area contributed by atoms with Gasteiger partial charge in [0.05, 0.1) is 13.7 Å². The first-order valence-electron chi connectivity index (χ1n) is 7.27. The molecule has 0 unspecified atom stereocenters. The van der Waals surface area contributed by atoms with E-state index in [9.17, 15) is 4.79 Å². The zero-order chi connectivity index (χ0) is 16.5. The summed E-state index contributed by atoms with van der Waals surface area (Å²) in [5.41, 5.74) is 1.61. The van der Waals surface area contributed by atoms with Crippen LogP contribution in [0.2, 0.25) is 0 Å². The van der Waals surface area contributed by atoms with E-state index in [0.717, 1.165) is 11.3 Å². The molecule has 0 fully saturated rings. The first-order valence-corrected chi connectivity index (χ1v) is 7.27. The van der Waals surface area contributed by atoms with Gasteiger partial charge in [-0.25, -0.2) is 0 Å². The number of aryl methyl sites for hydroxylation is 1. The number of amides is 1. The molecule has 0 saturated carbocycles. The second-order valence-corrected chi connectivity index (χ2v) is 4.82. The number of carbonyl (C=O) groups excluding carboxylic acids is 1. The van der Waals surface area contributed by atoms with E-state index in [1.165, 1.54) is 0 Å². The number of para-hydroxylation sites is 1. The third kappa shape index (κ3) is 5.08. The Morgan fingerprint density at radius 1 is 1.13 bits per heavy atom. The Balaban J connectivity index is 1.77. The number of ether oxygens (including phenoxy) is 2. The van der Waals surface area contributed by atoms with E-state index in [4.69, 9.17) is 9.47 Å². The highest BCUT2D eigenvalue weighted by atomic mass is 16.5. The minimum atomic E-state index is -0.182. The zero-order valence-electron chi connectivity index (χ0n) is 13.3. The number of carbonyl (C=O) groups is 1. The fourth-order valence-corrected chi connectivity index (χ4v) is 1.94. The van der Waals surface area contributed by atoms with Crippen LogP contribution < -0.4 is 14.8 Å². The van der Waals surface area contributed by atoms with Gasteiger partial charge in [-0.2, -0.15) is 0 Å². The maximum Gasteiger partial charge on any atom is 0.252 e. The second kappa shape index (κ2) is 8.50. The molecule has 23 heavy (non-hydrogen) atoms. The third-order valence-corrected chi connectivity index (χ3v) is 3.19. The van der Waals surface area contributed by atoms with Crippen LogP contribution in [0.4, 0.5) is 0 Å². The van der Waals surface area contributed by atoms with Crippen LogP contribution in [0, 0.1) is 18.8 Å². The lowest BCUT2D eigenvalue weighted by atomic mass is 10.2. The van der Waals surface area contributed by atoms with E-state index < -0.39 is 0 Å². The zero-order valence-corrected chi connectivity index (χ0v) is 13.3. The van der Waals surface area contributed by atoms with Gasteiger partial charge in [0.15, 0.2) is 0 Å². The van der Waals surface area contributed by atoms with Crippen LogP contribution in [0.25, 0.3) is 0 Å². The molecule has 1 amide bonds. The van der Waals surface area contributed by atoms with E-state index in [-0.39, 0.29) is 12.5 Å². The van der Waals surface area contributed by atoms with E-state index in [0.29, 0.717) is 17.9 Å². The van der Waals surface area contributed by atoms with Crippen molar-refractivity contribution in [3.63, 3.8) is 0 Å². The highest BCUT2D eigenvalue weighted by molar-refractivity contribution is 5.94. The summed E-state index contributed by atoms with van der Waals surface area (Å²) in [6, 6.07) is 14.7. The molecule has 2 rings (SSSR count). The molecule has 0 heterocycles. The quantitative estimate of drug-likeness (QED) is 0.864. The lowest BCUT2D eigenvalue weighted by Gasteiger charge is -2.05. The van der Waals surface area contributed by atoms with Crippen LogP contribution >= 0.6 is 0 Å². The van der Waals surface area contributed by atoms with Crippen LogP contribution in [-0.2, 0) is 0 Å². The van der Waals surface area contributed by atoms with E-state index in [1.807, 2.05) is 31.2 Å². The van der Waals surface area contributed by atoms with E-state index in [1.54, 1.807) is 31.4 Å². The summed E-state index contributed by atoms with van der Waals surface area (Å²) >= 11 is 0. The monoisotopic (exact) mass is 309 g/mol.